The van der Waals surface area contributed by atoms with E-state index >= 15 is 0 Å². The van der Waals surface area contributed by atoms with E-state index in [4.69, 9.17) is 0 Å². The fourth-order valence-electron chi connectivity index (χ4n) is 14.0. The number of thiophene rings is 1. The predicted octanol–water partition coefficient (Wildman–Crippen LogP) is 19.9. The van der Waals surface area contributed by atoms with Crippen molar-refractivity contribution in [1.82, 2.24) is 0 Å². The third-order valence-electron chi connectivity index (χ3n) is 19.1. The van der Waals surface area contributed by atoms with Gasteiger partial charge in [-0.25, -0.2) is 0 Å². The van der Waals surface area contributed by atoms with Crippen molar-refractivity contribution in [2.75, 3.05) is 9.71 Å². The molecule has 0 unspecified atom stereocenters. The van der Waals surface area contributed by atoms with Crippen LogP contribution in [0.1, 0.15) is 156 Å². The maximum atomic E-state index is 2.82. The van der Waals surface area contributed by atoms with E-state index in [1.807, 2.05) is 11.3 Å². The van der Waals surface area contributed by atoms with Crippen LogP contribution in [-0.2, 0) is 32.5 Å². The molecular formula is C74H77BN2S. The van der Waals surface area contributed by atoms with Crippen LogP contribution in [0.15, 0.2) is 164 Å². The molecule has 0 saturated carbocycles. The van der Waals surface area contributed by atoms with E-state index in [1.165, 1.54) is 139 Å². The molecule has 0 radical (unpaired) electrons. The third-order valence-corrected chi connectivity index (χ3v) is 20.3. The molecule has 0 atom stereocenters. The van der Waals surface area contributed by atoms with Crippen LogP contribution in [0.3, 0.4) is 0 Å². The quantitative estimate of drug-likeness (QED) is 0.159. The van der Waals surface area contributed by atoms with Crippen LogP contribution in [0.5, 0.6) is 0 Å². The molecule has 0 fully saturated rings. The molecule has 0 amide bonds. The van der Waals surface area contributed by atoms with Crippen LogP contribution in [-0.4, -0.2) is 6.85 Å². The van der Waals surface area contributed by atoms with Gasteiger partial charge >= 0.3 is 6.85 Å². The summed E-state index contributed by atoms with van der Waals surface area (Å²) in [5, 5.41) is 1.36. The Balaban J connectivity index is 1.22. The highest BCUT2D eigenvalue weighted by atomic mass is 32.1. The van der Waals surface area contributed by atoms with E-state index in [0.717, 1.165) is 12.8 Å². The molecule has 392 valence electrons. The summed E-state index contributed by atoms with van der Waals surface area (Å²) in [6.45, 7) is 34.0. The Bertz CT molecular complexity index is 3880. The highest BCUT2D eigenvalue weighted by Crippen LogP contribution is 2.57. The molecule has 2 aliphatic heterocycles. The summed E-state index contributed by atoms with van der Waals surface area (Å²) in [6.07, 6.45) is 4.67. The number of hydrogen-bond donors (Lipinski definition) is 0. The fourth-order valence-corrected chi connectivity index (χ4v) is 15.3. The summed E-state index contributed by atoms with van der Waals surface area (Å²) in [5.74, 6) is 0. The molecule has 8 aromatic carbocycles. The van der Waals surface area contributed by atoms with Crippen LogP contribution in [0.4, 0.5) is 28.4 Å². The van der Waals surface area contributed by atoms with E-state index in [9.17, 15) is 0 Å². The van der Waals surface area contributed by atoms with Crippen molar-refractivity contribution in [3.8, 4) is 44.5 Å². The predicted molar refractivity (Wildman–Crippen MR) is 340 cm³/mol. The third kappa shape index (κ3) is 8.00. The second-order valence-electron chi connectivity index (χ2n) is 28.3. The van der Waals surface area contributed by atoms with Gasteiger partial charge in [0.05, 0.1) is 11.4 Å². The molecule has 0 N–H and O–H groups in total. The van der Waals surface area contributed by atoms with Crippen LogP contribution >= 0.6 is 11.3 Å². The molecule has 1 aromatic heterocycles. The summed E-state index contributed by atoms with van der Waals surface area (Å²) in [5.41, 5.74) is 26.4. The number of hydrogen-bond acceptors (Lipinski definition) is 3. The molecule has 3 heterocycles. The van der Waals surface area contributed by atoms with E-state index in [-0.39, 0.29) is 39.3 Å². The van der Waals surface area contributed by atoms with Crippen molar-refractivity contribution in [3.05, 3.63) is 197 Å². The van der Waals surface area contributed by atoms with Crippen molar-refractivity contribution in [1.29, 1.82) is 0 Å². The van der Waals surface area contributed by atoms with Gasteiger partial charge in [0.25, 0.3) is 0 Å². The number of nitrogens with zero attached hydrogens (tertiary/aromatic N) is 2. The molecule has 4 heteroatoms. The minimum atomic E-state index is -0.156. The van der Waals surface area contributed by atoms with Gasteiger partial charge in [-0.05, 0) is 185 Å². The Morgan fingerprint density at radius 1 is 0.410 bits per heavy atom. The lowest BCUT2D eigenvalue weighted by atomic mass is 9.46. The summed E-state index contributed by atoms with van der Waals surface area (Å²) >= 11 is 2.05. The van der Waals surface area contributed by atoms with Gasteiger partial charge in [0.2, 0.25) is 0 Å². The minimum absolute atomic E-state index is 0.0222. The molecule has 2 nitrogen and oxygen atoms in total. The highest BCUT2D eigenvalue weighted by molar-refractivity contribution is 7.32. The Kier molecular flexibility index (Phi) is 11.4. The van der Waals surface area contributed by atoms with Crippen molar-refractivity contribution in [2.45, 2.75) is 155 Å². The van der Waals surface area contributed by atoms with Gasteiger partial charge in [0.15, 0.2) is 0 Å². The zero-order chi connectivity index (χ0) is 54.6. The van der Waals surface area contributed by atoms with Crippen molar-refractivity contribution in [3.63, 3.8) is 0 Å². The number of rotatable bonds is 5. The SMILES string of the molecule is CC(C)(C)c1ccc(N2c3cc(C(C)(C)C)cc4c3B(c3sc5cc6c(cc5c32)C(C)(C)CCC6(C)C)N(c2ccc3c(c2)C(C)(C)CCC3(C)C)c2cc(-c3ccccc3)c(-c3ccccc3)cc2-4)c(-c2ccccc2)c1. The van der Waals surface area contributed by atoms with Crippen LogP contribution in [0.25, 0.3) is 54.6 Å². The zero-order valence-electron chi connectivity index (χ0n) is 48.8. The van der Waals surface area contributed by atoms with Gasteiger partial charge in [-0.1, -0.05) is 206 Å². The highest BCUT2D eigenvalue weighted by Gasteiger charge is 2.50. The van der Waals surface area contributed by atoms with E-state index in [0.29, 0.717) is 0 Å². The number of benzene rings is 8. The minimum Gasteiger partial charge on any atom is -0.376 e. The van der Waals surface area contributed by atoms with Gasteiger partial charge < -0.3 is 9.71 Å². The smallest absolute Gasteiger partial charge is 0.343 e. The van der Waals surface area contributed by atoms with Gasteiger partial charge in [-0.15, -0.1) is 11.3 Å². The Labute approximate surface area is 470 Å². The largest absolute Gasteiger partial charge is 0.376 e. The normalized spacial score (nSPS) is 17.5. The summed E-state index contributed by atoms with van der Waals surface area (Å²) < 4.78 is 2.77. The Morgan fingerprint density at radius 2 is 0.910 bits per heavy atom. The number of anilines is 5. The molecular weight excluding hydrogens is 960 g/mol. The monoisotopic (exact) mass is 1040 g/mol. The van der Waals surface area contributed by atoms with Crippen LogP contribution < -0.4 is 20.0 Å². The topological polar surface area (TPSA) is 6.48 Å². The van der Waals surface area contributed by atoms with E-state index in [1.54, 1.807) is 0 Å². The van der Waals surface area contributed by atoms with Gasteiger partial charge in [-0.2, -0.15) is 0 Å². The summed E-state index contributed by atoms with van der Waals surface area (Å²) in [7, 11) is 0. The first kappa shape index (κ1) is 50.9. The molecule has 2 aliphatic carbocycles. The Hall–Kier alpha value is -6.62. The first-order valence-corrected chi connectivity index (χ1v) is 29.8. The average molecular weight is 1040 g/mol. The van der Waals surface area contributed by atoms with Gasteiger partial charge in [-0.3, -0.25) is 0 Å². The first-order valence-electron chi connectivity index (χ1n) is 28.9. The molecule has 0 saturated heterocycles. The molecule has 4 aliphatic rings. The lowest BCUT2D eigenvalue weighted by Gasteiger charge is -2.47. The maximum Gasteiger partial charge on any atom is 0.343 e. The lowest BCUT2D eigenvalue weighted by Crippen LogP contribution is -2.60. The molecule has 0 bridgehead atoms. The fraction of sp³-hybridized carbons (Fsp3) is 0.324. The van der Waals surface area contributed by atoms with E-state index < -0.39 is 0 Å². The molecule has 0 spiro atoms. The first-order chi connectivity index (χ1) is 36.9. The lowest BCUT2D eigenvalue weighted by molar-refractivity contribution is 0.332. The summed E-state index contributed by atoms with van der Waals surface area (Å²) in [4.78, 5) is 5.58. The van der Waals surface area contributed by atoms with Crippen LogP contribution in [0.2, 0.25) is 0 Å². The average Bonchev–Trinajstić information content (AvgIpc) is 2.98. The van der Waals surface area contributed by atoms with Crippen molar-refractivity contribution >= 4 is 66.9 Å². The number of fused-ring (bicyclic) bond motifs is 8. The zero-order valence-corrected chi connectivity index (χ0v) is 49.6. The van der Waals surface area contributed by atoms with Crippen molar-refractivity contribution < 1.29 is 0 Å². The van der Waals surface area contributed by atoms with E-state index in [2.05, 4.69) is 270 Å². The second kappa shape index (κ2) is 17.4. The van der Waals surface area contributed by atoms with Gasteiger partial charge in [0, 0.05) is 43.1 Å². The summed E-state index contributed by atoms with van der Waals surface area (Å²) in [6, 6.07) is 64.2. The molecule has 9 aromatic rings. The standard InChI is InChI=1S/C74H77BN2S/c1-69(2,3)49-30-33-62(54(38-49)48-28-22-17-23-29-48)76-64-40-50(70(4,5)6)39-56-55-42-52(46-24-18-15-19-25-46)53(47-26-20-16-21-27-47)44-63(55)77(51-31-32-58-59(41-51)72(9,10)35-34-71(58,7)8)75(66(56)64)68-67(76)57-43-60-61(45-65(57)78-68)74(13,14)37-36-73(60,11)12/h15-33,38-45H,34-37H2,1-14H3. The molecule has 78 heavy (non-hydrogen) atoms. The molecule has 13 rings (SSSR count). The Morgan fingerprint density at radius 3 is 1.47 bits per heavy atom. The maximum absolute atomic E-state index is 2.82. The van der Waals surface area contributed by atoms with Gasteiger partial charge in [0.1, 0.15) is 0 Å². The van der Waals surface area contributed by atoms with Crippen LogP contribution in [0, 0.1) is 0 Å². The van der Waals surface area contributed by atoms with Crippen molar-refractivity contribution in [2.24, 2.45) is 0 Å². The second-order valence-corrected chi connectivity index (χ2v) is 29.4.